The van der Waals surface area contributed by atoms with E-state index in [1.807, 2.05) is 5.38 Å². The van der Waals surface area contributed by atoms with E-state index in [1.165, 1.54) is 11.3 Å². The Hall–Kier alpha value is -1.83. The van der Waals surface area contributed by atoms with Gasteiger partial charge in [-0.2, -0.15) is 0 Å². The molecule has 0 amide bonds. The molecule has 7 heteroatoms. The van der Waals surface area contributed by atoms with Gasteiger partial charge in [0.15, 0.2) is 6.23 Å². The summed E-state index contributed by atoms with van der Waals surface area (Å²) >= 11 is 1.47. The van der Waals surface area contributed by atoms with Crippen molar-refractivity contribution in [1.82, 2.24) is 4.98 Å². The molecule has 1 saturated heterocycles. The molecule has 0 spiro atoms. The maximum Gasteiger partial charge on any atom is 0.168 e. The summed E-state index contributed by atoms with van der Waals surface area (Å²) < 4.78 is 11.6. The summed E-state index contributed by atoms with van der Waals surface area (Å²) in [5, 5.41) is 15.6. The summed E-state index contributed by atoms with van der Waals surface area (Å²) in [5.41, 5.74) is 5.26. The van der Waals surface area contributed by atoms with Crippen LogP contribution in [0.25, 0.3) is 0 Å². The number of thiazole rings is 1. The van der Waals surface area contributed by atoms with Gasteiger partial charge < -0.3 is 24.8 Å². The minimum absolute atomic E-state index is 0.198. The molecule has 1 unspecified atom stereocenters. The van der Waals surface area contributed by atoms with Crippen LogP contribution < -0.4 is 15.0 Å². The third-order valence-corrected chi connectivity index (χ3v) is 5.16. The van der Waals surface area contributed by atoms with Gasteiger partial charge in [0.1, 0.15) is 17.0 Å². The van der Waals surface area contributed by atoms with Gasteiger partial charge in [-0.1, -0.05) is 0 Å². The van der Waals surface area contributed by atoms with Gasteiger partial charge in [0, 0.05) is 36.5 Å². The van der Waals surface area contributed by atoms with E-state index < -0.39 is 6.23 Å². The zero-order valence-corrected chi connectivity index (χ0v) is 15.3. The van der Waals surface area contributed by atoms with Crippen molar-refractivity contribution in [2.75, 3.05) is 36.5 Å². The summed E-state index contributed by atoms with van der Waals surface area (Å²) in [7, 11) is 0. The number of aliphatic hydroxyl groups excluding tert-OH is 1. The number of aliphatic hydroxyl groups is 1. The van der Waals surface area contributed by atoms with E-state index in [9.17, 15) is 5.11 Å². The van der Waals surface area contributed by atoms with E-state index in [4.69, 9.17) is 9.47 Å². The van der Waals surface area contributed by atoms with Crippen LogP contribution in [0, 0.1) is 0 Å². The Labute approximate surface area is 151 Å². The predicted octanol–water partition coefficient (Wildman–Crippen LogP) is 2.80. The number of ether oxygens (including phenoxy) is 2. The monoisotopic (exact) mass is 361 g/mol. The van der Waals surface area contributed by atoms with E-state index in [0.29, 0.717) is 18.9 Å². The van der Waals surface area contributed by atoms with Crippen LogP contribution in [0.15, 0.2) is 23.0 Å². The van der Waals surface area contributed by atoms with Crippen LogP contribution in [0.4, 0.5) is 11.4 Å². The van der Waals surface area contributed by atoms with Crippen LogP contribution in [0.5, 0.6) is 5.75 Å². The highest BCUT2D eigenvalue weighted by Crippen LogP contribution is 2.42. The summed E-state index contributed by atoms with van der Waals surface area (Å²) in [4.78, 5) is 6.47. The van der Waals surface area contributed by atoms with Gasteiger partial charge in [0.05, 0.1) is 30.1 Å². The molecule has 25 heavy (non-hydrogen) atoms. The second-order valence-corrected chi connectivity index (χ2v) is 7.79. The number of hydrogen-bond acceptors (Lipinski definition) is 7. The third-order valence-electron chi connectivity index (χ3n) is 4.56. The van der Waals surface area contributed by atoms with Crippen molar-refractivity contribution in [2.45, 2.75) is 32.1 Å². The number of anilines is 2. The van der Waals surface area contributed by atoms with Gasteiger partial charge >= 0.3 is 0 Å². The molecule has 1 atom stereocenters. The molecule has 0 saturated carbocycles. The number of morpholine rings is 1. The fourth-order valence-corrected chi connectivity index (χ4v) is 3.97. The smallest absolute Gasteiger partial charge is 0.168 e. The van der Waals surface area contributed by atoms with Gasteiger partial charge in [0.25, 0.3) is 0 Å². The Balaban J connectivity index is 1.68. The van der Waals surface area contributed by atoms with Crippen molar-refractivity contribution in [2.24, 2.45) is 0 Å². The Morgan fingerprint density at radius 1 is 1.32 bits per heavy atom. The van der Waals surface area contributed by atoms with Gasteiger partial charge in [-0.15, -0.1) is 11.3 Å². The number of aromatic nitrogens is 1. The second kappa shape index (κ2) is 6.48. The minimum atomic E-state index is -0.834. The van der Waals surface area contributed by atoms with E-state index >= 15 is 0 Å². The Morgan fingerprint density at radius 2 is 2.12 bits per heavy atom. The van der Waals surface area contributed by atoms with E-state index in [-0.39, 0.29) is 5.60 Å². The van der Waals surface area contributed by atoms with Crippen LogP contribution in [-0.4, -0.2) is 42.0 Å². The number of nitrogens with one attached hydrogen (secondary N) is 1. The molecule has 1 aromatic heterocycles. The predicted molar refractivity (Wildman–Crippen MR) is 98.6 cm³/mol. The Bertz CT molecular complexity index is 742. The first-order valence-corrected chi connectivity index (χ1v) is 9.47. The molecule has 2 aliphatic heterocycles. The van der Waals surface area contributed by atoms with E-state index in [1.54, 1.807) is 5.51 Å². The van der Waals surface area contributed by atoms with Crippen molar-refractivity contribution in [3.8, 4) is 5.75 Å². The lowest BCUT2D eigenvalue weighted by molar-refractivity contribution is 0.122. The Kier molecular flexibility index (Phi) is 4.31. The summed E-state index contributed by atoms with van der Waals surface area (Å²) in [5.74, 6) is 0.931. The van der Waals surface area contributed by atoms with Gasteiger partial charge in [-0.25, -0.2) is 4.98 Å². The third kappa shape index (κ3) is 3.44. The lowest BCUT2D eigenvalue weighted by Crippen LogP contribution is -2.36. The standard InChI is InChI=1S/C18H23N3O3S/c1-18(2)9-12-7-13(20-17(22)14-10-25-11-19-14)15(8-16(12)24-18)21-3-5-23-6-4-21/h7-8,10-11,17,20,22H,3-6,9H2,1-2H3. The number of hydrogen-bond donors (Lipinski definition) is 2. The average molecular weight is 361 g/mol. The fraction of sp³-hybridized carbons (Fsp3) is 0.500. The number of benzene rings is 1. The molecule has 0 radical (unpaired) electrons. The normalized spacial score (nSPS) is 20.0. The molecule has 2 N–H and O–H groups in total. The highest BCUT2D eigenvalue weighted by Gasteiger charge is 2.32. The fourth-order valence-electron chi connectivity index (χ4n) is 3.40. The number of rotatable bonds is 4. The van der Waals surface area contributed by atoms with Gasteiger partial charge in [-0.05, 0) is 19.9 Å². The average Bonchev–Trinajstić information content (AvgIpc) is 3.21. The van der Waals surface area contributed by atoms with E-state index in [0.717, 1.165) is 42.2 Å². The maximum absolute atomic E-state index is 10.5. The topological polar surface area (TPSA) is 66.9 Å². The number of nitrogens with zero attached hydrogens (tertiary/aromatic N) is 2. The first kappa shape index (κ1) is 16.6. The van der Waals surface area contributed by atoms with Crippen LogP contribution in [0.1, 0.15) is 31.3 Å². The van der Waals surface area contributed by atoms with Crippen molar-refractivity contribution in [3.63, 3.8) is 0 Å². The molecule has 1 aromatic carbocycles. The molecule has 2 aromatic rings. The lowest BCUT2D eigenvalue weighted by atomic mass is 10.0. The highest BCUT2D eigenvalue weighted by molar-refractivity contribution is 7.07. The molecular weight excluding hydrogens is 338 g/mol. The van der Waals surface area contributed by atoms with Crippen LogP contribution in [0.3, 0.4) is 0 Å². The molecule has 4 rings (SSSR count). The van der Waals surface area contributed by atoms with Crippen molar-refractivity contribution in [3.05, 3.63) is 34.3 Å². The van der Waals surface area contributed by atoms with Crippen molar-refractivity contribution < 1.29 is 14.6 Å². The molecule has 134 valence electrons. The summed E-state index contributed by atoms with van der Waals surface area (Å²) in [6.45, 7) is 7.25. The number of fused-ring (bicyclic) bond motifs is 1. The SMILES string of the molecule is CC1(C)Cc2cc(NC(O)c3cscn3)c(N3CCOCC3)cc2O1. The molecule has 2 aliphatic rings. The quantitative estimate of drug-likeness (QED) is 0.817. The molecule has 3 heterocycles. The van der Waals surface area contributed by atoms with Gasteiger partial charge in [-0.3, -0.25) is 0 Å². The summed E-state index contributed by atoms with van der Waals surface area (Å²) in [6.07, 6.45) is 0.0205. The molecule has 6 nitrogen and oxygen atoms in total. The zero-order chi connectivity index (χ0) is 17.4. The first-order valence-electron chi connectivity index (χ1n) is 8.53. The highest BCUT2D eigenvalue weighted by atomic mass is 32.1. The van der Waals surface area contributed by atoms with Crippen LogP contribution in [-0.2, 0) is 11.2 Å². The van der Waals surface area contributed by atoms with Crippen LogP contribution in [0.2, 0.25) is 0 Å². The first-order chi connectivity index (χ1) is 12.0. The molecule has 0 aliphatic carbocycles. The zero-order valence-electron chi connectivity index (χ0n) is 14.5. The van der Waals surface area contributed by atoms with Crippen molar-refractivity contribution in [1.29, 1.82) is 0 Å². The van der Waals surface area contributed by atoms with Gasteiger partial charge in [0.2, 0.25) is 0 Å². The maximum atomic E-state index is 10.5. The molecule has 1 fully saturated rings. The molecular formula is C18H23N3O3S. The van der Waals surface area contributed by atoms with E-state index in [2.05, 4.69) is 41.2 Å². The van der Waals surface area contributed by atoms with Crippen molar-refractivity contribution >= 4 is 22.7 Å². The van der Waals surface area contributed by atoms with Crippen LogP contribution >= 0.6 is 11.3 Å². The second-order valence-electron chi connectivity index (χ2n) is 7.08. The summed E-state index contributed by atoms with van der Waals surface area (Å²) in [6, 6.07) is 4.19. The Morgan fingerprint density at radius 3 is 2.84 bits per heavy atom. The minimum Gasteiger partial charge on any atom is -0.487 e. The molecule has 0 bridgehead atoms. The largest absolute Gasteiger partial charge is 0.487 e. The lowest BCUT2D eigenvalue weighted by Gasteiger charge is -2.31.